The van der Waals surface area contributed by atoms with Gasteiger partial charge in [0.2, 0.25) is 5.91 Å². The molecule has 0 spiro atoms. The summed E-state index contributed by atoms with van der Waals surface area (Å²) >= 11 is -1.13. The molecule has 1 amide bonds. The molecule has 2 aliphatic rings. The summed E-state index contributed by atoms with van der Waals surface area (Å²) in [5.74, 6) is -1.06. The van der Waals surface area contributed by atoms with Crippen LogP contribution >= 0.6 is 11.3 Å². The highest BCUT2D eigenvalue weighted by Crippen LogP contribution is 2.44. The van der Waals surface area contributed by atoms with Crippen LogP contribution in [0.3, 0.4) is 0 Å². The van der Waals surface area contributed by atoms with E-state index < -0.39 is 23.3 Å². The highest BCUT2D eigenvalue weighted by atomic mass is 32.2. The molecule has 1 aromatic heterocycles. The fourth-order valence-electron chi connectivity index (χ4n) is 5.94. The highest BCUT2D eigenvalue weighted by Gasteiger charge is 2.44. The van der Waals surface area contributed by atoms with Crippen LogP contribution in [0.4, 0.5) is 11.4 Å². The number of hydrogen-bond acceptors (Lipinski definition) is 4. The lowest BCUT2D eigenvalue weighted by Gasteiger charge is -2.46. The van der Waals surface area contributed by atoms with Gasteiger partial charge in [0.1, 0.15) is 4.88 Å². The SMILES string of the molecule is Cc1ccc(N([C@H]2CC(=O)N(c3cc(-c4ccccc4)sc3C(=O)O)[C@@H](C3CCCCC3)C2)S(=O)O)cc1. The minimum Gasteiger partial charge on any atom is -0.477 e. The number of hydrogen-bond donors (Lipinski definition) is 2. The van der Waals surface area contributed by atoms with Gasteiger partial charge in [-0.3, -0.25) is 13.7 Å². The number of thiophene rings is 1. The first kappa shape index (κ1) is 26.6. The number of amides is 1. The van der Waals surface area contributed by atoms with Gasteiger partial charge in [0.05, 0.1) is 17.4 Å². The molecule has 2 N–H and O–H groups in total. The molecule has 200 valence electrons. The monoisotopic (exact) mass is 552 g/mol. The number of aryl methyl sites for hydroxylation is 1. The average Bonchev–Trinajstić information content (AvgIpc) is 3.36. The van der Waals surface area contributed by atoms with Crippen LogP contribution in [0.1, 0.15) is 60.2 Å². The van der Waals surface area contributed by atoms with Gasteiger partial charge in [-0.05, 0) is 55.9 Å². The quantitative estimate of drug-likeness (QED) is 0.326. The van der Waals surface area contributed by atoms with Gasteiger partial charge >= 0.3 is 5.97 Å². The Balaban J connectivity index is 1.55. The number of rotatable bonds is 7. The van der Waals surface area contributed by atoms with Gasteiger partial charge in [0.15, 0.2) is 0 Å². The van der Waals surface area contributed by atoms with Gasteiger partial charge in [0, 0.05) is 17.3 Å². The largest absolute Gasteiger partial charge is 0.477 e. The van der Waals surface area contributed by atoms with Gasteiger partial charge in [-0.25, -0.2) is 9.00 Å². The maximum absolute atomic E-state index is 13.9. The lowest BCUT2D eigenvalue weighted by molar-refractivity contribution is -0.121. The standard InChI is InChI=1S/C29H32N2O5S2/c1-19-12-14-22(15-13-19)31(38(35)36)23-16-24(20-8-4-2-5-9-20)30(27(32)17-23)25-18-26(37-28(25)29(33)34)21-10-6-3-7-11-21/h3,6-7,10-15,18,20,23-24H,2,4-5,8-9,16-17H2,1H3,(H,33,34)(H,35,36)/t23-,24-/m1/s1. The van der Waals surface area contributed by atoms with E-state index in [-0.39, 0.29) is 29.2 Å². The molecule has 2 fully saturated rings. The van der Waals surface area contributed by atoms with Crippen molar-refractivity contribution >= 4 is 45.9 Å². The Hall–Kier alpha value is -3.01. The van der Waals surface area contributed by atoms with Gasteiger partial charge in [-0.2, -0.15) is 0 Å². The Morgan fingerprint density at radius 2 is 1.74 bits per heavy atom. The molecule has 2 heterocycles. The molecule has 0 radical (unpaired) electrons. The van der Waals surface area contributed by atoms with Gasteiger partial charge < -0.3 is 10.0 Å². The van der Waals surface area contributed by atoms with E-state index >= 15 is 0 Å². The highest BCUT2D eigenvalue weighted by molar-refractivity contribution is 7.80. The summed E-state index contributed by atoms with van der Waals surface area (Å²) in [5.41, 5.74) is 2.98. The summed E-state index contributed by atoms with van der Waals surface area (Å²) in [5, 5.41) is 10.1. The summed E-state index contributed by atoms with van der Waals surface area (Å²) in [7, 11) is 0. The minimum absolute atomic E-state index is 0.0268. The molecular weight excluding hydrogens is 520 g/mol. The number of carboxylic acid groups (broad SMARTS) is 1. The zero-order chi connectivity index (χ0) is 26.8. The smallest absolute Gasteiger partial charge is 0.348 e. The van der Waals surface area contributed by atoms with Crippen molar-refractivity contribution in [3.8, 4) is 10.4 Å². The summed E-state index contributed by atoms with van der Waals surface area (Å²) < 4.78 is 24.3. The number of benzene rings is 2. The second-order valence-corrected chi connectivity index (χ2v) is 12.1. The van der Waals surface area contributed by atoms with Crippen LogP contribution in [0, 0.1) is 12.8 Å². The molecule has 9 heteroatoms. The molecule has 1 unspecified atom stereocenters. The number of anilines is 2. The van der Waals surface area contributed by atoms with Gasteiger partial charge in [-0.1, -0.05) is 67.3 Å². The van der Waals surface area contributed by atoms with Gasteiger partial charge in [0.25, 0.3) is 11.3 Å². The van der Waals surface area contributed by atoms with Gasteiger partial charge in [-0.15, -0.1) is 11.3 Å². The number of carbonyl (C=O) groups excluding carboxylic acids is 1. The fraction of sp³-hybridized carbons (Fsp3) is 0.379. The molecular formula is C29H32N2O5S2. The topological polar surface area (TPSA) is 98.2 Å². The first-order valence-electron chi connectivity index (χ1n) is 13.0. The van der Waals surface area contributed by atoms with Crippen molar-refractivity contribution in [2.75, 3.05) is 9.21 Å². The van der Waals surface area contributed by atoms with Crippen LogP contribution in [0.15, 0.2) is 60.7 Å². The van der Waals surface area contributed by atoms with Crippen LogP contribution in [0.2, 0.25) is 0 Å². The maximum atomic E-state index is 13.9. The van der Waals surface area contributed by atoms with Crippen molar-refractivity contribution in [1.82, 2.24) is 0 Å². The number of carbonyl (C=O) groups is 2. The van der Waals surface area contributed by atoms with Crippen molar-refractivity contribution in [3.63, 3.8) is 0 Å². The second-order valence-electron chi connectivity index (χ2n) is 10.2. The Kier molecular flexibility index (Phi) is 7.97. The molecule has 5 rings (SSSR count). The lowest BCUT2D eigenvalue weighted by atomic mass is 9.78. The van der Waals surface area contributed by atoms with E-state index in [0.717, 1.165) is 48.1 Å². The van der Waals surface area contributed by atoms with Crippen LogP contribution in [0.25, 0.3) is 10.4 Å². The third-order valence-electron chi connectivity index (χ3n) is 7.73. The average molecular weight is 553 g/mol. The Morgan fingerprint density at radius 1 is 1.05 bits per heavy atom. The molecule has 2 aromatic carbocycles. The van der Waals surface area contributed by atoms with Crippen LogP contribution in [-0.4, -0.2) is 37.8 Å². The third kappa shape index (κ3) is 5.41. The molecule has 38 heavy (non-hydrogen) atoms. The van der Waals surface area contributed by atoms with E-state index in [0.29, 0.717) is 17.8 Å². The minimum atomic E-state index is -2.31. The Labute approximate surface area is 229 Å². The van der Waals surface area contributed by atoms with E-state index in [9.17, 15) is 23.5 Å². The molecule has 3 aromatic rings. The van der Waals surface area contributed by atoms with E-state index in [1.54, 1.807) is 4.90 Å². The number of nitrogens with zero attached hydrogens (tertiary/aromatic N) is 2. The number of aromatic carboxylic acids is 1. The normalized spacial score (nSPS) is 21.3. The van der Waals surface area contributed by atoms with E-state index in [4.69, 9.17) is 0 Å². The van der Waals surface area contributed by atoms with Crippen molar-refractivity contribution in [2.24, 2.45) is 5.92 Å². The van der Waals surface area contributed by atoms with E-state index in [1.165, 1.54) is 15.6 Å². The maximum Gasteiger partial charge on any atom is 0.348 e. The molecule has 7 nitrogen and oxygen atoms in total. The molecule has 1 aliphatic carbocycles. The van der Waals surface area contributed by atoms with Crippen molar-refractivity contribution in [3.05, 3.63) is 71.1 Å². The third-order valence-corrected chi connectivity index (χ3v) is 9.74. The molecule has 1 saturated carbocycles. The summed E-state index contributed by atoms with van der Waals surface area (Å²) in [6, 6.07) is 18.1. The Bertz CT molecular complexity index is 1320. The van der Waals surface area contributed by atoms with Crippen molar-refractivity contribution in [1.29, 1.82) is 0 Å². The Morgan fingerprint density at radius 3 is 2.37 bits per heavy atom. The lowest BCUT2D eigenvalue weighted by Crippen LogP contribution is -2.56. The summed E-state index contributed by atoms with van der Waals surface area (Å²) in [6.45, 7) is 1.95. The number of carboxylic acids is 1. The summed E-state index contributed by atoms with van der Waals surface area (Å²) in [6.07, 6.45) is 5.69. The predicted octanol–water partition coefficient (Wildman–Crippen LogP) is 6.51. The molecule has 0 bridgehead atoms. The fourth-order valence-corrected chi connectivity index (χ4v) is 7.66. The first-order chi connectivity index (χ1) is 18.3. The van der Waals surface area contributed by atoms with Crippen LogP contribution in [-0.2, 0) is 16.1 Å². The van der Waals surface area contributed by atoms with E-state index in [2.05, 4.69) is 0 Å². The second kappa shape index (κ2) is 11.4. The van der Waals surface area contributed by atoms with Crippen molar-refractivity contribution in [2.45, 2.75) is 64.0 Å². The van der Waals surface area contributed by atoms with E-state index in [1.807, 2.05) is 67.6 Å². The predicted molar refractivity (Wildman–Crippen MR) is 152 cm³/mol. The van der Waals surface area contributed by atoms with Crippen LogP contribution < -0.4 is 9.21 Å². The molecule has 1 aliphatic heterocycles. The van der Waals surface area contributed by atoms with Crippen LogP contribution in [0.5, 0.6) is 0 Å². The first-order valence-corrected chi connectivity index (χ1v) is 14.9. The zero-order valence-electron chi connectivity index (χ0n) is 21.3. The summed E-state index contributed by atoms with van der Waals surface area (Å²) in [4.78, 5) is 29.0. The zero-order valence-corrected chi connectivity index (χ0v) is 22.9. The molecule has 3 atom stereocenters. The molecule has 1 saturated heterocycles. The number of piperidine rings is 1. The van der Waals surface area contributed by atoms with Crippen molar-refractivity contribution < 1.29 is 23.5 Å².